The Balaban J connectivity index is 2.45. The second-order valence-electron chi connectivity index (χ2n) is 8.50. The maximum Gasteiger partial charge on any atom is 0.326 e. The molecule has 1 aromatic heterocycles. The summed E-state index contributed by atoms with van der Waals surface area (Å²) in [5.41, 5.74) is 0.398. The molecular formula is C21H32N5O8+. The van der Waals surface area contributed by atoms with Gasteiger partial charge in [-0.15, -0.1) is 0 Å². The maximum absolute atomic E-state index is 12.2. The van der Waals surface area contributed by atoms with E-state index in [-0.39, 0.29) is 25.3 Å². The molecule has 188 valence electrons. The average molecular weight is 483 g/mol. The number of unbranched alkanes of at least 4 members (excludes halogenated alkanes) is 1. The minimum absolute atomic E-state index is 0.0469. The quantitative estimate of drug-likeness (QED) is 0.159. The van der Waals surface area contributed by atoms with Crippen LogP contribution in [0.1, 0.15) is 42.5 Å². The van der Waals surface area contributed by atoms with Gasteiger partial charge in [-0.25, -0.2) is 19.4 Å². The number of carboxylic acid groups (broad SMARTS) is 3. The van der Waals surface area contributed by atoms with Crippen LogP contribution in [0, 0.1) is 0 Å². The van der Waals surface area contributed by atoms with Gasteiger partial charge in [-0.1, -0.05) is 0 Å². The zero-order valence-electron chi connectivity index (χ0n) is 19.4. The Morgan fingerprint density at radius 1 is 0.912 bits per heavy atom. The maximum atomic E-state index is 12.2. The van der Waals surface area contributed by atoms with Crippen molar-refractivity contribution in [2.75, 3.05) is 27.7 Å². The number of carbonyl (C=O) groups is 5. The third kappa shape index (κ3) is 10.3. The van der Waals surface area contributed by atoms with Gasteiger partial charge in [-0.2, -0.15) is 0 Å². The van der Waals surface area contributed by atoms with Gasteiger partial charge < -0.3 is 31.3 Å². The normalized spacial score (nSPS) is 12.8. The van der Waals surface area contributed by atoms with Crippen molar-refractivity contribution in [3.05, 3.63) is 23.9 Å². The van der Waals surface area contributed by atoms with E-state index in [0.29, 0.717) is 22.9 Å². The van der Waals surface area contributed by atoms with E-state index >= 15 is 0 Å². The van der Waals surface area contributed by atoms with Gasteiger partial charge in [-0.3, -0.25) is 14.1 Å². The average Bonchev–Trinajstić information content (AvgIpc) is 2.74. The van der Waals surface area contributed by atoms with E-state index in [1.807, 2.05) is 21.1 Å². The number of urea groups is 1. The van der Waals surface area contributed by atoms with Crippen molar-refractivity contribution in [2.45, 2.75) is 44.2 Å². The third-order valence-corrected chi connectivity index (χ3v) is 4.76. The Hall–Kier alpha value is -3.74. The van der Waals surface area contributed by atoms with Gasteiger partial charge in [0.05, 0.1) is 26.7 Å². The van der Waals surface area contributed by atoms with Gasteiger partial charge in [0.1, 0.15) is 12.1 Å². The molecule has 2 atom stereocenters. The molecule has 0 saturated carbocycles. The summed E-state index contributed by atoms with van der Waals surface area (Å²) in [6, 6.07) is -0.336. The van der Waals surface area contributed by atoms with Crippen molar-refractivity contribution in [1.29, 1.82) is 0 Å². The highest BCUT2D eigenvalue weighted by Gasteiger charge is 2.24. The fourth-order valence-corrected chi connectivity index (χ4v) is 2.84. The van der Waals surface area contributed by atoms with E-state index in [4.69, 9.17) is 10.2 Å². The first-order valence-corrected chi connectivity index (χ1v) is 10.6. The summed E-state index contributed by atoms with van der Waals surface area (Å²) in [4.78, 5) is 61.6. The number of pyridine rings is 1. The van der Waals surface area contributed by atoms with Crippen LogP contribution in [-0.2, 0) is 14.4 Å². The molecule has 0 fully saturated rings. The van der Waals surface area contributed by atoms with Crippen LogP contribution in [0.5, 0.6) is 0 Å². The first-order valence-electron chi connectivity index (χ1n) is 10.6. The third-order valence-electron chi connectivity index (χ3n) is 4.76. The van der Waals surface area contributed by atoms with Crippen molar-refractivity contribution in [3.63, 3.8) is 0 Å². The molecular weight excluding hydrogens is 450 g/mol. The number of hydrogen-bond acceptors (Lipinski definition) is 6. The van der Waals surface area contributed by atoms with E-state index in [2.05, 4.69) is 20.9 Å². The Morgan fingerprint density at radius 2 is 1.50 bits per heavy atom. The number of carbonyl (C=O) groups excluding carboxylic acids is 2. The van der Waals surface area contributed by atoms with Crippen LogP contribution in [0.25, 0.3) is 0 Å². The largest absolute Gasteiger partial charge is 0.481 e. The summed E-state index contributed by atoms with van der Waals surface area (Å²) < 4.78 is 0.512. The molecule has 0 aliphatic carbocycles. The lowest BCUT2D eigenvalue weighted by Gasteiger charge is -2.21. The summed E-state index contributed by atoms with van der Waals surface area (Å²) in [6.07, 6.45) is 1.52. The second kappa shape index (κ2) is 13.1. The van der Waals surface area contributed by atoms with E-state index < -0.39 is 42.4 Å². The highest BCUT2D eigenvalue weighted by atomic mass is 16.4. The number of carboxylic acids is 3. The zero-order chi connectivity index (χ0) is 25.9. The van der Waals surface area contributed by atoms with Gasteiger partial charge in [0.2, 0.25) is 5.82 Å². The lowest BCUT2D eigenvalue weighted by molar-refractivity contribution is -0.140. The Morgan fingerprint density at radius 3 is 1.97 bits per heavy atom. The molecule has 0 aromatic carbocycles. The van der Waals surface area contributed by atoms with Crippen LogP contribution in [0.4, 0.5) is 10.6 Å². The molecule has 13 heteroatoms. The highest BCUT2D eigenvalue weighted by molar-refractivity contribution is 5.94. The first-order chi connectivity index (χ1) is 15.8. The van der Waals surface area contributed by atoms with E-state index in [0.717, 1.165) is 5.82 Å². The number of aliphatic carboxylic acids is 3. The number of rotatable bonds is 14. The molecule has 0 aliphatic heterocycles. The Bertz CT molecular complexity index is 882. The summed E-state index contributed by atoms with van der Waals surface area (Å²) in [7, 11) is 5.86. The SMILES string of the molecule is C[N+](C)(C)c1ccc(C(=O)NCCCC[C@H](NC(=O)N[C@@H](CCC(=O)O)C(=O)O)C(=O)O)cn1. The number of nitrogens with one attached hydrogen (secondary N) is 3. The van der Waals surface area contributed by atoms with E-state index in [1.165, 1.54) is 6.20 Å². The predicted octanol–water partition coefficient (Wildman–Crippen LogP) is 0.249. The van der Waals surface area contributed by atoms with Gasteiger partial charge in [0.25, 0.3) is 5.91 Å². The van der Waals surface area contributed by atoms with Crippen LogP contribution in [0.2, 0.25) is 0 Å². The van der Waals surface area contributed by atoms with Crippen LogP contribution in [0.3, 0.4) is 0 Å². The van der Waals surface area contributed by atoms with Crippen LogP contribution in [0.15, 0.2) is 18.3 Å². The number of quaternary nitrogens is 1. The van der Waals surface area contributed by atoms with Crippen molar-refractivity contribution in [2.24, 2.45) is 0 Å². The Labute approximate surface area is 196 Å². The molecule has 0 unspecified atom stereocenters. The van der Waals surface area contributed by atoms with Gasteiger partial charge in [0.15, 0.2) is 0 Å². The van der Waals surface area contributed by atoms with E-state index in [9.17, 15) is 29.1 Å². The minimum atomic E-state index is -1.47. The smallest absolute Gasteiger partial charge is 0.326 e. The molecule has 6 N–H and O–H groups in total. The standard InChI is InChI=1S/C21H31N5O8/c1-26(2,3)16-9-7-13(12-23-16)18(29)22-11-5-4-6-14(19(30)31)24-21(34)25-15(20(32)33)8-10-17(27)28/h7,9,12,14-15H,4-6,8,10-11H2,1-3H3,(H5-,22,24,25,27,28,29,30,31,32,33,34)/p+1/t14-,15-/m0/s1. The number of amides is 3. The van der Waals surface area contributed by atoms with Crippen molar-refractivity contribution in [1.82, 2.24) is 25.4 Å². The molecule has 34 heavy (non-hydrogen) atoms. The molecule has 1 rings (SSSR count). The van der Waals surface area contributed by atoms with Crippen molar-refractivity contribution >= 4 is 35.7 Å². The van der Waals surface area contributed by atoms with Crippen LogP contribution >= 0.6 is 0 Å². The second-order valence-corrected chi connectivity index (χ2v) is 8.50. The summed E-state index contributed by atoms with van der Waals surface area (Å²) in [5, 5.41) is 34.0. The lowest BCUT2D eigenvalue weighted by atomic mass is 10.1. The molecule has 1 aromatic rings. The number of nitrogens with zero attached hydrogens (tertiary/aromatic N) is 2. The monoisotopic (exact) mass is 482 g/mol. The van der Waals surface area contributed by atoms with Crippen LogP contribution in [-0.4, -0.2) is 89.9 Å². The number of aromatic nitrogens is 1. The molecule has 13 nitrogen and oxygen atoms in total. The van der Waals surface area contributed by atoms with Crippen LogP contribution < -0.4 is 20.4 Å². The molecule has 0 aliphatic rings. The first kappa shape index (κ1) is 28.3. The summed E-state index contributed by atoms with van der Waals surface area (Å²) in [6.45, 7) is 0.282. The topological polar surface area (TPSA) is 195 Å². The fraction of sp³-hybridized carbons (Fsp3) is 0.524. The minimum Gasteiger partial charge on any atom is -0.481 e. The number of hydrogen-bond donors (Lipinski definition) is 6. The summed E-state index contributed by atoms with van der Waals surface area (Å²) in [5.74, 6) is -3.47. The van der Waals surface area contributed by atoms with Gasteiger partial charge in [0, 0.05) is 25.2 Å². The summed E-state index contributed by atoms with van der Waals surface area (Å²) >= 11 is 0. The molecule has 1 heterocycles. The molecule has 0 bridgehead atoms. The fourth-order valence-electron chi connectivity index (χ4n) is 2.84. The molecule has 0 spiro atoms. The zero-order valence-corrected chi connectivity index (χ0v) is 19.4. The highest BCUT2D eigenvalue weighted by Crippen LogP contribution is 2.13. The van der Waals surface area contributed by atoms with Gasteiger partial charge in [-0.05, 0) is 31.7 Å². The predicted molar refractivity (Wildman–Crippen MR) is 121 cm³/mol. The molecule has 0 radical (unpaired) electrons. The van der Waals surface area contributed by atoms with E-state index in [1.54, 1.807) is 12.1 Å². The van der Waals surface area contributed by atoms with Crippen molar-refractivity contribution < 1.29 is 39.3 Å². The molecule has 0 saturated heterocycles. The molecule has 3 amide bonds. The van der Waals surface area contributed by atoms with Crippen molar-refractivity contribution in [3.8, 4) is 0 Å². The van der Waals surface area contributed by atoms with Gasteiger partial charge >= 0.3 is 23.9 Å². The lowest BCUT2D eigenvalue weighted by Crippen LogP contribution is -2.51. The Kier molecular flexibility index (Phi) is 10.9.